The van der Waals surface area contributed by atoms with Gasteiger partial charge >= 0.3 is 0 Å². The summed E-state index contributed by atoms with van der Waals surface area (Å²) >= 11 is 6.11. The average molecular weight is 628 g/mol. The van der Waals surface area contributed by atoms with Crippen molar-refractivity contribution in [2.75, 3.05) is 23.9 Å². The van der Waals surface area contributed by atoms with E-state index < -0.39 is 16.1 Å². The molecule has 43 heavy (non-hydrogen) atoms. The van der Waals surface area contributed by atoms with Crippen molar-refractivity contribution in [1.29, 1.82) is 0 Å². The molecule has 3 aromatic carbocycles. The molecule has 1 heterocycles. The molecule has 1 aliphatic rings. The summed E-state index contributed by atoms with van der Waals surface area (Å²) in [5, 5.41) is 3.62. The van der Waals surface area contributed by atoms with Crippen LogP contribution in [-0.4, -0.2) is 56.8 Å². The summed E-state index contributed by atoms with van der Waals surface area (Å²) in [6.45, 7) is 4.26. The molecule has 0 spiro atoms. The largest absolute Gasteiger partial charge is 0.454 e. The second kappa shape index (κ2) is 14.6. The molecule has 0 saturated heterocycles. The lowest BCUT2D eigenvalue weighted by atomic mass is 10.0. The SMILES string of the molecule is CC[C@H](C)NC(=O)[C@H](Cc1ccccc1)N(Cc1ccc(Cl)cc1)C(=O)CCCN(c1ccc2c(c1)OCO2)S(C)(=O)=O. The lowest BCUT2D eigenvalue weighted by Gasteiger charge is -2.32. The van der Waals surface area contributed by atoms with Crippen LogP contribution in [-0.2, 0) is 32.6 Å². The average Bonchev–Trinajstić information content (AvgIpc) is 3.46. The Bertz CT molecular complexity index is 1500. The van der Waals surface area contributed by atoms with Crippen LogP contribution >= 0.6 is 11.6 Å². The summed E-state index contributed by atoms with van der Waals surface area (Å²) in [5.41, 5.74) is 2.17. The van der Waals surface area contributed by atoms with Gasteiger partial charge in [-0.25, -0.2) is 8.42 Å². The molecule has 3 aromatic rings. The highest BCUT2D eigenvalue weighted by molar-refractivity contribution is 7.92. The van der Waals surface area contributed by atoms with Gasteiger partial charge in [-0.1, -0.05) is 61.0 Å². The van der Waals surface area contributed by atoms with Crippen LogP contribution in [0.4, 0.5) is 5.69 Å². The molecule has 0 unspecified atom stereocenters. The number of halogens is 1. The zero-order chi connectivity index (χ0) is 31.0. The minimum absolute atomic E-state index is 0.0338. The van der Waals surface area contributed by atoms with E-state index in [9.17, 15) is 18.0 Å². The van der Waals surface area contributed by atoms with E-state index in [0.717, 1.165) is 23.8 Å². The number of carbonyl (C=O) groups is 2. The number of sulfonamides is 1. The van der Waals surface area contributed by atoms with Gasteiger partial charge in [-0.3, -0.25) is 13.9 Å². The number of carbonyl (C=O) groups excluding carboxylic acids is 2. The van der Waals surface area contributed by atoms with Crippen molar-refractivity contribution in [2.24, 2.45) is 0 Å². The summed E-state index contributed by atoms with van der Waals surface area (Å²) in [6, 6.07) is 20.8. The molecule has 0 saturated carbocycles. The van der Waals surface area contributed by atoms with Gasteiger partial charge in [-0.2, -0.15) is 0 Å². The number of hydrogen-bond acceptors (Lipinski definition) is 6. The molecule has 0 fully saturated rings. The molecule has 230 valence electrons. The number of benzene rings is 3. The lowest BCUT2D eigenvalue weighted by Crippen LogP contribution is -2.52. The molecule has 4 rings (SSSR count). The van der Waals surface area contributed by atoms with E-state index >= 15 is 0 Å². The van der Waals surface area contributed by atoms with Gasteiger partial charge in [0.25, 0.3) is 0 Å². The molecule has 1 N–H and O–H groups in total. The number of nitrogens with zero attached hydrogens (tertiary/aromatic N) is 2. The van der Waals surface area contributed by atoms with Gasteiger partial charge in [0.1, 0.15) is 6.04 Å². The highest BCUT2D eigenvalue weighted by atomic mass is 35.5. The van der Waals surface area contributed by atoms with Crippen molar-refractivity contribution in [1.82, 2.24) is 10.2 Å². The number of rotatable bonds is 14. The van der Waals surface area contributed by atoms with Crippen LogP contribution in [0.3, 0.4) is 0 Å². The zero-order valence-corrected chi connectivity index (χ0v) is 26.2. The molecule has 1 aliphatic heterocycles. The maximum absolute atomic E-state index is 13.9. The number of ether oxygens (including phenoxy) is 2. The third-order valence-corrected chi connectivity index (χ3v) is 8.78. The van der Waals surface area contributed by atoms with E-state index in [1.807, 2.05) is 56.3 Å². The van der Waals surface area contributed by atoms with Crippen LogP contribution in [0.2, 0.25) is 5.02 Å². The zero-order valence-electron chi connectivity index (χ0n) is 24.7. The predicted octanol–water partition coefficient (Wildman–Crippen LogP) is 5.17. The summed E-state index contributed by atoms with van der Waals surface area (Å²) in [7, 11) is -3.66. The molecular formula is C32H38ClN3O6S. The van der Waals surface area contributed by atoms with Crippen molar-refractivity contribution in [3.05, 3.63) is 88.9 Å². The molecule has 0 aromatic heterocycles. The number of hydrogen-bond donors (Lipinski definition) is 1. The van der Waals surface area contributed by atoms with E-state index in [1.165, 1.54) is 4.31 Å². The van der Waals surface area contributed by atoms with Crippen LogP contribution in [0, 0.1) is 0 Å². The summed E-state index contributed by atoms with van der Waals surface area (Å²) in [5.74, 6) is 0.519. The molecule has 2 atom stereocenters. The Morgan fingerprint density at radius 2 is 1.67 bits per heavy atom. The fourth-order valence-electron chi connectivity index (χ4n) is 4.83. The van der Waals surface area contributed by atoms with Gasteiger partial charge in [0.05, 0.1) is 11.9 Å². The fraction of sp³-hybridized carbons (Fsp3) is 0.375. The highest BCUT2D eigenvalue weighted by Gasteiger charge is 2.31. The van der Waals surface area contributed by atoms with Gasteiger partial charge in [0.2, 0.25) is 28.6 Å². The molecule has 0 radical (unpaired) electrons. The van der Waals surface area contributed by atoms with Crippen LogP contribution in [0.1, 0.15) is 44.2 Å². The Morgan fingerprint density at radius 1 is 0.977 bits per heavy atom. The monoisotopic (exact) mass is 627 g/mol. The van der Waals surface area contributed by atoms with Crippen molar-refractivity contribution < 1.29 is 27.5 Å². The molecule has 11 heteroatoms. The quantitative estimate of drug-likeness (QED) is 0.264. The van der Waals surface area contributed by atoms with Crippen molar-refractivity contribution in [3.63, 3.8) is 0 Å². The normalized spacial score (nSPS) is 13.7. The van der Waals surface area contributed by atoms with Crippen LogP contribution in [0.5, 0.6) is 11.5 Å². The van der Waals surface area contributed by atoms with E-state index in [0.29, 0.717) is 28.6 Å². The van der Waals surface area contributed by atoms with Crippen molar-refractivity contribution >= 4 is 39.1 Å². The highest BCUT2D eigenvalue weighted by Crippen LogP contribution is 2.36. The fourth-order valence-corrected chi connectivity index (χ4v) is 5.91. The second-order valence-corrected chi connectivity index (χ2v) is 13.0. The van der Waals surface area contributed by atoms with Crippen LogP contribution in [0.25, 0.3) is 0 Å². The maximum Gasteiger partial charge on any atom is 0.243 e. The third-order valence-electron chi connectivity index (χ3n) is 7.33. The topological polar surface area (TPSA) is 105 Å². The van der Waals surface area contributed by atoms with Gasteiger partial charge in [-0.15, -0.1) is 0 Å². The van der Waals surface area contributed by atoms with Crippen LogP contribution in [0.15, 0.2) is 72.8 Å². The Morgan fingerprint density at radius 3 is 2.35 bits per heavy atom. The van der Waals surface area contributed by atoms with Gasteiger partial charge in [0, 0.05) is 43.1 Å². The summed E-state index contributed by atoms with van der Waals surface area (Å²) in [4.78, 5) is 29.2. The Balaban J connectivity index is 1.58. The van der Waals surface area contributed by atoms with E-state index in [-0.39, 0.29) is 50.6 Å². The van der Waals surface area contributed by atoms with Gasteiger partial charge < -0.3 is 19.7 Å². The first-order chi connectivity index (χ1) is 20.5. The van der Waals surface area contributed by atoms with E-state index in [1.54, 1.807) is 35.2 Å². The molecule has 9 nitrogen and oxygen atoms in total. The molecule has 0 aliphatic carbocycles. The number of nitrogens with one attached hydrogen (secondary N) is 1. The van der Waals surface area contributed by atoms with Gasteiger partial charge in [-0.05, 0) is 55.2 Å². The number of amides is 2. The summed E-state index contributed by atoms with van der Waals surface area (Å²) < 4.78 is 37.5. The Kier molecular flexibility index (Phi) is 10.9. The smallest absolute Gasteiger partial charge is 0.243 e. The standard InChI is InChI=1S/C32H38ClN3O6S/c1-4-23(2)34-32(38)28(19-24-9-6-5-7-10-24)35(21-25-12-14-26(33)15-13-25)31(37)11-8-18-36(43(3,39)40)27-16-17-29-30(20-27)42-22-41-29/h5-7,9-10,12-17,20,23,28H,4,8,11,18-19,21-22H2,1-3H3,(H,34,38)/t23-,28-/m0/s1. The molecular weight excluding hydrogens is 590 g/mol. The second-order valence-electron chi connectivity index (χ2n) is 10.6. The predicted molar refractivity (Wildman–Crippen MR) is 168 cm³/mol. The first-order valence-electron chi connectivity index (χ1n) is 14.3. The van der Waals surface area contributed by atoms with E-state index in [2.05, 4.69) is 5.32 Å². The maximum atomic E-state index is 13.9. The molecule has 2 amide bonds. The molecule has 0 bridgehead atoms. The van der Waals surface area contributed by atoms with Crippen molar-refractivity contribution in [3.8, 4) is 11.5 Å². The lowest BCUT2D eigenvalue weighted by molar-refractivity contribution is -0.141. The minimum atomic E-state index is -3.66. The van der Waals surface area contributed by atoms with Crippen LogP contribution < -0.4 is 19.1 Å². The first-order valence-corrected chi connectivity index (χ1v) is 16.5. The van der Waals surface area contributed by atoms with Gasteiger partial charge in [0.15, 0.2) is 11.5 Å². The first kappa shape index (κ1) is 32.2. The Labute approximate surface area is 258 Å². The summed E-state index contributed by atoms with van der Waals surface area (Å²) in [6.07, 6.45) is 2.47. The number of fused-ring (bicyclic) bond motifs is 1. The van der Waals surface area contributed by atoms with Crippen molar-refractivity contribution in [2.45, 2.75) is 58.2 Å². The minimum Gasteiger partial charge on any atom is -0.454 e. The third kappa shape index (κ3) is 8.87. The number of anilines is 1. The van der Waals surface area contributed by atoms with E-state index in [4.69, 9.17) is 21.1 Å². The Hall–Kier alpha value is -3.76.